The Morgan fingerprint density at radius 1 is 0.964 bits per heavy atom. The molecule has 146 valence electrons. The Hall–Kier alpha value is -1.98. The maximum Gasteiger partial charge on any atom is 0.254 e. The monoisotopic (exact) mass is 414 g/mol. The van der Waals surface area contributed by atoms with E-state index >= 15 is 0 Å². The molecule has 0 saturated carbocycles. The lowest BCUT2D eigenvalue weighted by atomic mass is 10.00. The first-order valence-corrected chi connectivity index (χ1v) is 11.0. The predicted molar refractivity (Wildman–Crippen MR) is 114 cm³/mol. The second-order valence-corrected chi connectivity index (χ2v) is 9.19. The van der Waals surface area contributed by atoms with Crippen LogP contribution in [0.5, 0.6) is 0 Å². The summed E-state index contributed by atoms with van der Waals surface area (Å²) in [5.41, 5.74) is 1.72. The average Bonchev–Trinajstić information content (AvgIpc) is 3.12. The Balaban J connectivity index is 1.41. The molecule has 4 nitrogen and oxygen atoms in total. The molecule has 0 aliphatic carbocycles. The van der Waals surface area contributed by atoms with E-state index in [0.717, 1.165) is 30.7 Å². The zero-order valence-corrected chi connectivity index (χ0v) is 17.2. The van der Waals surface area contributed by atoms with E-state index in [1.807, 2.05) is 51.9 Å². The van der Waals surface area contributed by atoms with Gasteiger partial charge in [0.05, 0.1) is 11.3 Å². The highest BCUT2D eigenvalue weighted by molar-refractivity contribution is 8.00. The van der Waals surface area contributed by atoms with Crippen molar-refractivity contribution in [3.8, 4) is 0 Å². The van der Waals surface area contributed by atoms with Crippen LogP contribution >= 0.6 is 23.4 Å². The molecule has 2 aliphatic rings. The van der Waals surface area contributed by atoms with Crippen molar-refractivity contribution in [3.05, 3.63) is 70.7 Å². The average molecular weight is 415 g/mol. The molecule has 0 aromatic heterocycles. The van der Waals surface area contributed by atoms with Crippen molar-refractivity contribution < 1.29 is 9.59 Å². The molecule has 1 spiro atoms. The van der Waals surface area contributed by atoms with Gasteiger partial charge in [0.1, 0.15) is 0 Å². The van der Waals surface area contributed by atoms with Crippen molar-refractivity contribution in [2.45, 2.75) is 24.1 Å². The van der Waals surface area contributed by atoms with Gasteiger partial charge in [-0.1, -0.05) is 41.9 Å². The first-order valence-electron chi connectivity index (χ1n) is 9.61. The van der Waals surface area contributed by atoms with Crippen LogP contribution in [-0.2, 0) is 11.2 Å². The molecule has 2 aromatic rings. The van der Waals surface area contributed by atoms with Crippen LogP contribution in [0.2, 0.25) is 5.02 Å². The van der Waals surface area contributed by atoms with E-state index in [1.54, 1.807) is 24.3 Å². The summed E-state index contributed by atoms with van der Waals surface area (Å²) in [7, 11) is 0. The highest BCUT2D eigenvalue weighted by Gasteiger charge is 2.46. The number of piperidine rings is 1. The number of rotatable bonds is 3. The Morgan fingerprint density at radius 3 is 2.32 bits per heavy atom. The van der Waals surface area contributed by atoms with Gasteiger partial charge >= 0.3 is 0 Å². The molecule has 6 heteroatoms. The Morgan fingerprint density at radius 2 is 1.64 bits per heavy atom. The van der Waals surface area contributed by atoms with Gasteiger partial charge in [-0.05, 0) is 42.7 Å². The fourth-order valence-corrected chi connectivity index (χ4v) is 5.63. The van der Waals surface area contributed by atoms with E-state index in [-0.39, 0.29) is 16.7 Å². The number of carbonyl (C=O) groups is 2. The van der Waals surface area contributed by atoms with Crippen molar-refractivity contribution >= 4 is 35.2 Å². The van der Waals surface area contributed by atoms with E-state index in [4.69, 9.17) is 11.6 Å². The Labute approximate surface area is 174 Å². The summed E-state index contributed by atoms with van der Waals surface area (Å²) in [5.74, 6) is 1.17. The zero-order chi connectivity index (χ0) is 19.6. The van der Waals surface area contributed by atoms with Crippen molar-refractivity contribution in [2.24, 2.45) is 0 Å². The summed E-state index contributed by atoms with van der Waals surface area (Å²) in [5, 5.41) is 0.632. The van der Waals surface area contributed by atoms with Gasteiger partial charge in [-0.2, -0.15) is 0 Å². The standard InChI is InChI=1S/C22H23ClN2O2S/c23-19-8-6-18(7-9-19)21(27)25-14-15-28-22(25)10-12-24(13-11-22)20(26)16-17-4-2-1-3-5-17/h1-9H,10-16H2. The normalized spacial score (nSPS) is 18.5. The SMILES string of the molecule is O=C(Cc1ccccc1)N1CCC2(CC1)SCCN2C(=O)c1ccc(Cl)cc1. The van der Waals surface area contributed by atoms with Gasteiger partial charge in [-0.3, -0.25) is 9.59 Å². The van der Waals surface area contributed by atoms with Gasteiger partial charge < -0.3 is 9.80 Å². The van der Waals surface area contributed by atoms with E-state index < -0.39 is 0 Å². The lowest BCUT2D eigenvalue weighted by Crippen LogP contribution is -2.53. The van der Waals surface area contributed by atoms with Crippen LogP contribution in [0.3, 0.4) is 0 Å². The van der Waals surface area contributed by atoms with Crippen LogP contribution in [0.1, 0.15) is 28.8 Å². The molecule has 2 aliphatic heterocycles. The van der Waals surface area contributed by atoms with Crippen LogP contribution in [-0.4, -0.2) is 51.9 Å². The second-order valence-electron chi connectivity index (χ2n) is 7.30. The number of halogens is 1. The molecule has 2 aromatic carbocycles. The first kappa shape index (κ1) is 19.3. The number of benzene rings is 2. The molecular weight excluding hydrogens is 392 g/mol. The maximum atomic E-state index is 13.1. The van der Waals surface area contributed by atoms with Crippen LogP contribution in [0, 0.1) is 0 Å². The lowest BCUT2D eigenvalue weighted by molar-refractivity contribution is -0.132. The number of thioether (sulfide) groups is 1. The number of likely N-dealkylation sites (tertiary alicyclic amines) is 1. The van der Waals surface area contributed by atoms with E-state index in [9.17, 15) is 9.59 Å². The quantitative estimate of drug-likeness (QED) is 0.759. The van der Waals surface area contributed by atoms with Gasteiger partial charge in [0.25, 0.3) is 5.91 Å². The van der Waals surface area contributed by atoms with Crippen LogP contribution < -0.4 is 0 Å². The molecule has 28 heavy (non-hydrogen) atoms. The largest absolute Gasteiger partial charge is 0.342 e. The third-order valence-corrected chi connectivity index (χ3v) is 7.41. The molecular formula is C22H23ClN2O2S. The molecule has 0 unspecified atom stereocenters. The molecule has 4 rings (SSSR count). The fourth-order valence-electron chi connectivity index (χ4n) is 4.05. The number of nitrogens with zero attached hydrogens (tertiary/aromatic N) is 2. The smallest absolute Gasteiger partial charge is 0.254 e. The Kier molecular flexibility index (Phi) is 5.65. The van der Waals surface area contributed by atoms with Crippen molar-refractivity contribution in [1.82, 2.24) is 9.80 Å². The van der Waals surface area contributed by atoms with Crippen molar-refractivity contribution in [1.29, 1.82) is 0 Å². The Bertz CT molecular complexity index is 849. The van der Waals surface area contributed by atoms with Gasteiger partial charge in [0.15, 0.2) is 0 Å². The third-order valence-electron chi connectivity index (χ3n) is 5.61. The van der Waals surface area contributed by atoms with Gasteiger partial charge in [0, 0.05) is 36.0 Å². The lowest BCUT2D eigenvalue weighted by Gasteiger charge is -2.44. The summed E-state index contributed by atoms with van der Waals surface area (Å²) in [6, 6.07) is 17.0. The minimum Gasteiger partial charge on any atom is -0.342 e. The van der Waals surface area contributed by atoms with Crippen LogP contribution in [0.4, 0.5) is 0 Å². The summed E-state index contributed by atoms with van der Waals surface area (Å²) in [6.07, 6.45) is 2.07. The first-order chi connectivity index (χ1) is 13.6. The fraction of sp³-hybridized carbons (Fsp3) is 0.364. The summed E-state index contributed by atoms with van der Waals surface area (Å²) in [6.45, 7) is 2.15. The number of hydrogen-bond acceptors (Lipinski definition) is 3. The molecule has 2 fully saturated rings. The topological polar surface area (TPSA) is 40.6 Å². The number of hydrogen-bond donors (Lipinski definition) is 0. The van der Waals surface area contributed by atoms with Crippen molar-refractivity contribution in [2.75, 3.05) is 25.4 Å². The van der Waals surface area contributed by atoms with Crippen LogP contribution in [0.25, 0.3) is 0 Å². The highest BCUT2D eigenvalue weighted by Crippen LogP contribution is 2.44. The molecule has 0 atom stereocenters. The van der Waals surface area contributed by atoms with Crippen molar-refractivity contribution in [3.63, 3.8) is 0 Å². The van der Waals surface area contributed by atoms with E-state index in [1.165, 1.54) is 0 Å². The molecule has 2 amide bonds. The second kappa shape index (κ2) is 8.18. The summed E-state index contributed by atoms with van der Waals surface area (Å²) in [4.78, 5) is 29.5. The minimum absolute atomic E-state index is 0.0609. The molecule has 0 radical (unpaired) electrons. The van der Waals surface area contributed by atoms with Gasteiger partial charge in [-0.25, -0.2) is 0 Å². The minimum atomic E-state index is -0.194. The zero-order valence-electron chi connectivity index (χ0n) is 15.6. The van der Waals surface area contributed by atoms with Crippen LogP contribution in [0.15, 0.2) is 54.6 Å². The summed E-state index contributed by atoms with van der Waals surface area (Å²) < 4.78 is 0. The van der Waals surface area contributed by atoms with Gasteiger partial charge in [-0.15, -0.1) is 11.8 Å². The predicted octanol–water partition coefficient (Wildman–Crippen LogP) is 4.09. The number of amides is 2. The maximum absolute atomic E-state index is 13.1. The number of carbonyl (C=O) groups excluding carboxylic acids is 2. The molecule has 0 bridgehead atoms. The molecule has 0 N–H and O–H groups in total. The molecule has 2 saturated heterocycles. The summed E-state index contributed by atoms with van der Waals surface area (Å²) >= 11 is 7.81. The molecule has 2 heterocycles. The van der Waals surface area contributed by atoms with E-state index in [2.05, 4.69) is 0 Å². The van der Waals surface area contributed by atoms with E-state index in [0.29, 0.717) is 30.1 Å². The van der Waals surface area contributed by atoms with Gasteiger partial charge in [0.2, 0.25) is 5.91 Å². The third kappa shape index (κ3) is 3.91. The highest BCUT2D eigenvalue weighted by atomic mass is 35.5.